The number of rotatable bonds is 5. The fourth-order valence-corrected chi connectivity index (χ4v) is 4.09. The molecule has 0 aliphatic heterocycles. The van der Waals surface area contributed by atoms with Crippen molar-refractivity contribution in [2.75, 3.05) is 12.4 Å². The van der Waals surface area contributed by atoms with Crippen molar-refractivity contribution in [1.82, 2.24) is 14.6 Å². The number of aryl methyl sites for hydroxylation is 1. The van der Waals surface area contributed by atoms with Gasteiger partial charge in [0.05, 0.1) is 17.9 Å². The van der Waals surface area contributed by atoms with Crippen LogP contribution in [0.3, 0.4) is 0 Å². The van der Waals surface area contributed by atoms with E-state index >= 15 is 0 Å². The van der Waals surface area contributed by atoms with Gasteiger partial charge in [-0.3, -0.25) is 9.20 Å². The molecule has 2 heterocycles. The molecular formula is C21H19ClN4O2S. The molecule has 1 atom stereocenters. The first-order valence-corrected chi connectivity index (χ1v) is 10.3. The van der Waals surface area contributed by atoms with Gasteiger partial charge in [-0.1, -0.05) is 23.4 Å². The van der Waals surface area contributed by atoms with E-state index in [1.165, 1.54) is 11.8 Å². The standard InChI is InChI=1S/C21H19ClN4O2S/c1-12-10-19-24-25-21(26(19)18-11-16(28-3)8-9-17(12)18)29-13(2)20(27)23-15-6-4-14(22)5-7-15/h4-11,13H,1-3H3,(H,23,27). The molecule has 1 amide bonds. The highest BCUT2D eigenvalue weighted by Gasteiger charge is 2.20. The third-order valence-electron chi connectivity index (χ3n) is 4.64. The van der Waals surface area contributed by atoms with E-state index in [-0.39, 0.29) is 11.2 Å². The van der Waals surface area contributed by atoms with Gasteiger partial charge < -0.3 is 10.1 Å². The summed E-state index contributed by atoms with van der Waals surface area (Å²) >= 11 is 7.25. The molecule has 0 saturated carbocycles. The second-order valence-electron chi connectivity index (χ2n) is 6.64. The number of amides is 1. The lowest BCUT2D eigenvalue weighted by atomic mass is 10.1. The topological polar surface area (TPSA) is 68.5 Å². The quantitative estimate of drug-likeness (QED) is 0.456. The number of thioether (sulfide) groups is 1. The molecule has 0 aliphatic carbocycles. The van der Waals surface area contributed by atoms with Crippen molar-refractivity contribution in [3.63, 3.8) is 0 Å². The number of nitrogens with zero attached hydrogens (tertiary/aromatic N) is 3. The lowest BCUT2D eigenvalue weighted by Gasteiger charge is -2.13. The molecule has 6 nitrogen and oxygen atoms in total. The maximum atomic E-state index is 12.6. The number of ether oxygens (including phenoxy) is 1. The monoisotopic (exact) mass is 426 g/mol. The lowest BCUT2D eigenvalue weighted by molar-refractivity contribution is -0.115. The molecule has 4 rings (SSSR count). The normalized spacial score (nSPS) is 12.3. The number of hydrogen-bond acceptors (Lipinski definition) is 5. The smallest absolute Gasteiger partial charge is 0.237 e. The van der Waals surface area contributed by atoms with Crippen LogP contribution in [-0.2, 0) is 4.79 Å². The van der Waals surface area contributed by atoms with Crippen molar-refractivity contribution in [3.05, 3.63) is 59.1 Å². The van der Waals surface area contributed by atoms with Crippen LogP contribution >= 0.6 is 23.4 Å². The molecule has 8 heteroatoms. The summed E-state index contributed by atoms with van der Waals surface area (Å²) in [6, 6.07) is 14.9. The van der Waals surface area contributed by atoms with Gasteiger partial charge in [-0.2, -0.15) is 0 Å². The number of aromatic nitrogens is 3. The number of hydrogen-bond donors (Lipinski definition) is 1. The van der Waals surface area contributed by atoms with Crippen LogP contribution in [0.1, 0.15) is 12.5 Å². The molecule has 0 fully saturated rings. The van der Waals surface area contributed by atoms with E-state index in [0.29, 0.717) is 15.9 Å². The first kappa shape index (κ1) is 19.5. The predicted molar refractivity (Wildman–Crippen MR) is 117 cm³/mol. The molecular weight excluding hydrogens is 408 g/mol. The summed E-state index contributed by atoms with van der Waals surface area (Å²) in [5.41, 5.74) is 3.48. The Bertz CT molecular complexity index is 1210. The number of nitrogens with one attached hydrogen (secondary N) is 1. The zero-order valence-electron chi connectivity index (χ0n) is 16.1. The highest BCUT2D eigenvalue weighted by Crippen LogP contribution is 2.30. The van der Waals surface area contributed by atoms with Crippen molar-refractivity contribution >= 4 is 51.5 Å². The Balaban J connectivity index is 1.66. The van der Waals surface area contributed by atoms with Crippen LogP contribution in [-0.4, -0.2) is 32.9 Å². The van der Waals surface area contributed by atoms with Gasteiger partial charge in [0.15, 0.2) is 10.8 Å². The van der Waals surface area contributed by atoms with Crippen molar-refractivity contribution < 1.29 is 9.53 Å². The Morgan fingerprint density at radius 2 is 1.93 bits per heavy atom. The highest BCUT2D eigenvalue weighted by molar-refractivity contribution is 8.00. The molecule has 0 radical (unpaired) electrons. The van der Waals surface area contributed by atoms with Crippen LogP contribution in [0.5, 0.6) is 5.75 Å². The van der Waals surface area contributed by atoms with E-state index in [9.17, 15) is 4.79 Å². The third kappa shape index (κ3) is 3.88. The average Bonchev–Trinajstić information content (AvgIpc) is 3.11. The van der Waals surface area contributed by atoms with Gasteiger partial charge in [0.1, 0.15) is 5.75 Å². The van der Waals surface area contributed by atoms with E-state index in [0.717, 1.165) is 27.9 Å². The van der Waals surface area contributed by atoms with Crippen LogP contribution in [0, 0.1) is 6.92 Å². The number of halogens is 1. The third-order valence-corrected chi connectivity index (χ3v) is 5.93. The van der Waals surface area contributed by atoms with E-state index in [1.807, 2.05) is 42.5 Å². The number of pyridine rings is 1. The molecule has 0 bridgehead atoms. The summed E-state index contributed by atoms with van der Waals surface area (Å²) in [5.74, 6) is 0.630. The number of carbonyl (C=O) groups excluding carboxylic acids is 1. The Morgan fingerprint density at radius 3 is 2.66 bits per heavy atom. The fourth-order valence-electron chi connectivity index (χ4n) is 3.09. The number of benzene rings is 2. The Kier molecular flexibility index (Phi) is 5.34. The van der Waals surface area contributed by atoms with Crippen LogP contribution in [0.15, 0.2) is 53.7 Å². The minimum absolute atomic E-state index is 0.122. The van der Waals surface area contributed by atoms with Gasteiger partial charge in [0.25, 0.3) is 0 Å². The van der Waals surface area contributed by atoms with Gasteiger partial charge in [-0.15, -0.1) is 10.2 Å². The molecule has 0 spiro atoms. The van der Waals surface area contributed by atoms with Gasteiger partial charge in [0, 0.05) is 22.2 Å². The lowest BCUT2D eigenvalue weighted by Crippen LogP contribution is -2.22. The number of methoxy groups -OCH3 is 1. The molecule has 2 aromatic heterocycles. The summed E-state index contributed by atoms with van der Waals surface area (Å²) in [6.07, 6.45) is 0. The predicted octanol–water partition coefficient (Wildman–Crippen LogP) is 4.97. The summed E-state index contributed by atoms with van der Waals surface area (Å²) < 4.78 is 7.35. The Labute approximate surface area is 177 Å². The van der Waals surface area contributed by atoms with Crippen LogP contribution in [0.25, 0.3) is 16.6 Å². The fraction of sp³-hybridized carbons (Fsp3) is 0.190. The van der Waals surface area contributed by atoms with E-state index in [1.54, 1.807) is 31.4 Å². The van der Waals surface area contributed by atoms with Gasteiger partial charge in [-0.05, 0) is 61.9 Å². The van der Waals surface area contributed by atoms with E-state index in [4.69, 9.17) is 16.3 Å². The van der Waals surface area contributed by atoms with E-state index in [2.05, 4.69) is 15.5 Å². The van der Waals surface area contributed by atoms with Crippen molar-refractivity contribution in [1.29, 1.82) is 0 Å². The number of fused-ring (bicyclic) bond motifs is 3. The zero-order valence-corrected chi connectivity index (χ0v) is 17.7. The molecule has 0 saturated heterocycles. The Hall–Kier alpha value is -2.77. The van der Waals surface area contributed by atoms with E-state index < -0.39 is 0 Å². The molecule has 0 aliphatic rings. The van der Waals surface area contributed by atoms with Crippen molar-refractivity contribution in [3.8, 4) is 5.75 Å². The first-order valence-electron chi connectivity index (χ1n) is 9.02. The summed E-state index contributed by atoms with van der Waals surface area (Å²) in [5, 5.41) is 13.5. The maximum absolute atomic E-state index is 12.6. The molecule has 4 aromatic rings. The number of carbonyl (C=O) groups is 1. The zero-order chi connectivity index (χ0) is 20.5. The van der Waals surface area contributed by atoms with Crippen LogP contribution in [0.4, 0.5) is 5.69 Å². The van der Waals surface area contributed by atoms with Crippen LogP contribution in [0.2, 0.25) is 5.02 Å². The molecule has 1 N–H and O–H groups in total. The second-order valence-corrected chi connectivity index (χ2v) is 8.39. The van der Waals surface area contributed by atoms with Gasteiger partial charge in [-0.25, -0.2) is 0 Å². The maximum Gasteiger partial charge on any atom is 0.237 e. The minimum atomic E-state index is -0.375. The SMILES string of the molecule is COc1ccc2c(C)cc3nnc(SC(C)C(=O)Nc4ccc(Cl)cc4)n3c2c1. The summed E-state index contributed by atoms with van der Waals surface area (Å²) in [4.78, 5) is 12.6. The second kappa shape index (κ2) is 7.93. The van der Waals surface area contributed by atoms with Gasteiger partial charge >= 0.3 is 0 Å². The largest absolute Gasteiger partial charge is 0.497 e. The van der Waals surface area contributed by atoms with Crippen LogP contribution < -0.4 is 10.1 Å². The number of anilines is 1. The minimum Gasteiger partial charge on any atom is -0.497 e. The molecule has 29 heavy (non-hydrogen) atoms. The van der Waals surface area contributed by atoms with Crippen molar-refractivity contribution in [2.45, 2.75) is 24.3 Å². The Morgan fingerprint density at radius 1 is 1.17 bits per heavy atom. The van der Waals surface area contributed by atoms with Crippen molar-refractivity contribution in [2.24, 2.45) is 0 Å². The molecule has 1 unspecified atom stereocenters. The van der Waals surface area contributed by atoms with Gasteiger partial charge in [0.2, 0.25) is 5.91 Å². The summed E-state index contributed by atoms with van der Waals surface area (Å²) in [6.45, 7) is 3.88. The molecule has 148 valence electrons. The summed E-state index contributed by atoms with van der Waals surface area (Å²) in [7, 11) is 1.64. The average molecular weight is 427 g/mol. The first-order chi connectivity index (χ1) is 14.0. The molecule has 2 aromatic carbocycles. The highest BCUT2D eigenvalue weighted by atomic mass is 35.5.